The summed E-state index contributed by atoms with van der Waals surface area (Å²) in [7, 11) is 1.98. The van der Waals surface area contributed by atoms with Crippen LogP contribution < -0.4 is 5.32 Å². The van der Waals surface area contributed by atoms with Gasteiger partial charge in [0.1, 0.15) is 11.3 Å². The fourth-order valence-electron chi connectivity index (χ4n) is 3.43. The number of rotatable bonds is 2. The largest absolute Gasteiger partial charge is 0.324 e. The molecular formula is C19H20ClN5O. The number of urea groups is 1. The highest BCUT2D eigenvalue weighted by Crippen LogP contribution is 2.29. The first kappa shape index (κ1) is 16.8. The van der Waals surface area contributed by atoms with Gasteiger partial charge in [0.15, 0.2) is 5.65 Å². The van der Waals surface area contributed by atoms with Crippen LogP contribution in [0.25, 0.3) is 11.2 Å². The van der Waals surface area contributed by atoms with Crippen molar-refractivity contribution in [3.05, 3.63) is 52.9 Å². The fraction of sp³-hybridized carbons (Fsp3) is 0.316. The predicted molar refractivity (Wildman–Crippen MR) is 103 cm³/mol. The average molecular weight is 370 g/mol. The second-order valence-electron chi connectivity index (χ2n) is 6.70. The van der Waals surface area contributed by atoms with Crippen LogP contribution in [-0.2, 0) is 7.05 Å². The lowest BCUT2D eigenvalue weighted by molar-refractivity contribution is 0.222. The molecule has 1 aliphatic heterocycles. The van der Waals surface area contributed by atoms with Crippen molar-refractivity contribution in [1.82, 2.24) is 19.4 Å². The van der Waals surface area contributed by atoms with E-state index < -0.39 is 0 Å². The minimum atomic E-state index is -0.107. The Bertz CT molecular complexity index is 983. The van der Waals surface area contributed by atoms with Crippen LogP contribution in [0.4, 0.5) is 10.5 Å². The van der Waals surface area contributed by atoms with E-state index in [0.29, 0.717) is 23.8 Å². The third-order valence-corrected chi connectivity index (χ3v) is 5.33. The number of imidazole rings is 1. The number of carbonyl (C=O) groups excluding carboxylic acids is 1. The smallest absolute Gasteiger partial charge is 0.321 e. The van der Waals surface area contributed by atoms with Crippen molar-refractivity contribution < 1.29 is 4.79 Å². The molecule has 1 unspecified atom stereocenters. The monoisotopic (exact) mass is 369 g/mol. The molecule has 0 saturated carbocycles. The molecule has 0 spiro atoms. The summed E-state index contributed by atoms with van der Waals surface area (Å²) in [4.78, 5) is 23.5. The lowest BCUT2D eigenvalue weighted by atomic mass is 10.1. The summed E-state index contributed by atoms with van der Waals surface area (Å²) >= 11 is 6.13. The number of aryl methyl sites for hydroxylation is 2. The van der Waals surface area contributed by atoms with Crippen LogP contribution in [0.15, 0.2) is 36.5 Å². The van der Waals surface area contributed by atoms with Gasteiger partial charge >= 0.3 is 6.03 Å². The van der Waals surface area contributed by atoms with E-state index >= 15 is 0 Å². The summed E-state index contributed by atoms with van der Waals surface area (Å²) in [6.45, 7) is 3.28. The number of hydrogen-bond donors (Lipinski definition) is 1. The van der Waals surface area contributed by atoms with E-state index in [1.54, 1.807) is 12.3 Å². The first-order chi connectivity index (χ1) is 12.5. The van der Waals surface area contributed by atoms with E-state index in [1.807, 2.05) is 47.7 Å². The molecule has 1 saturated heterocycles. The highest BCUT2D eigenvalue weighted by Gasteiger charge is 2.30. The number of nitrogens with one attached hydrogen (secondary N) is 1. The number of fused-ring (bicyclic) bond motifs is 1. The lowest BCUT2D eigenvalue weighted by Crippen LogP contribution is -2.33. The first-order valence-corrected chi connectivity index (χ1v) is 9.00. The Morgan fingerprint density at radius 1 is 1.35 bits per heavy atom. The zero-order valence-corrected chi connectivity index (χ0v) is 15.5. The molecule has 1 N–H and O–H groups in total. The molecule has 134 valence electrons. The van der Waals surface area contributed by atoms with Crippen molar-refractivity contribution in [3.63, 3.8) is 0 Å². The van der Waals surface area contributed by atoms with E-state index in [0.717, 1.165) is 29.0 Å². The van der Waals surface area contributed by atoms with Crippen molar-refractivity contribution in [3.8, 4) is 0 Å². The van der Waals surface area contributed by atoms with Crippen molar-refractivity contribution in [2.45, 2.75) is 19.3 Å². The van der Waals surface area contributed by atoms with Crippen LogP contribution in [0, 0.1) is 6.92 Å². The molecule has 0 radical (unpaired) electrons. The van der Waals surface area contributed by atoms with Crippen molar-refractivity contribution >= 4 is 34.5 Å². The van der Waals surface area contributed by atoms with E-state index in [2.05, 4.69) is 10.3 Å². The van der Waals surface area contributed by atoms with E-state index in [4.69, 9.17) is 16.6 Å². The molecule has 6 nitrogen and oxygen atoms in total. The van der Waals surface area contributed by atoms with Crippen LogP contribution in [0.1, 0.15) is 23.7 Å². The molecule has 7 heteroatoms. The van der Waals surface area contributed by atoms with Gasteiger partial charge in [-0.25, -0.2) is 14.8 Å². The van der Waals surface area contributed by atoms with Crippen LogP contribution in [0.5, 0.6) is 0 Å². The Morgan fingerprint density at radius 2 is 2.19 bits per heavy atom. The van der Waals surface area contributed by atoms with Gasteiger partial charge in [-0.2, -0.15) is 0 Å². The van der Waals surface area contributed by atoms with Crippen LogP contribution >= 0.6 is 11.6 Å². The van der Waals surface area contributed by atoms with Gasteiger partial charge in [-0.3, -0.25) is 0 Å². The van der Waals surface area contributed by atoms with Gasteiger partial charge in [0.25, 0.3) is 0 Å². The molecule has 2 amide bonds. The minimum Gasteiger partial charge on any atom is -0.324 e. The summed E-state index contributed by atoms with van der Waals surface area (Å²) in [6, 6.07) is 9.29. The second-order valence-corrected chi connectivity index (χ2v) is 7.11. The van der Waals surface area contributed by atoms with Gasteiger partial charge in [-0.1, -0.05) is 17.7 Å². The number of amides is 2. The fourth-order valence-corrected chi connectivity index (χ4v) is 3.62. The average Bonchev–Trinajstić information content (AvgIpc) is 3.24. The van der Waals surface area contributed by atoms with Gasteiger partial charge in [0.2, 0.25) is 0 Å². The van der Waals surface area contributed by atoms with Crippen LogP contribution in [0.2, 0.25) is 5.02 Å². The quantitative estimate of drug-likeness (QED) is 0.743. The maximum Gasteiger partial charge on any atom is 0.321 e. The Labute approximate surface area is 156 Å². The van der Waals surface area contributed by atoms with Crippen LogP contribution in [0.3, 0.4) is 0 Å². The molecule has 0 bridgehead atoms. The van der Waals surface area contributed by atoms with Gasteiger partial charge < -0.3 is 14.8 Å². The molecule has 4 rings (SSSR count). The Kier molecular flexibility index (Phi) is 4.28. The van der Waals surface area contributed by atoms with Gasteiger partial charge in [-0.15, -0.1) is 0 Å². The minimum absolute atomic E-state index is 0.107. The van der Waals surface area contributed by atoms with Crippen LogP contribution in [-0.4, -0.2) is 38.6 Å². The maximum absolute atomic E-state index is 12.6. The highest BCUT2D eigenvalue weighted by molar-refractivity contribution is 6.31. The normalized spacial score (nSPS) is 17.0. The number of halogens is 1. The maximum atomic E-state index is 12.6. The number of hydrogen-bond acceptors (Lipinski definition) is 3. The molecule has 1 aromatic carbocycles. The SMILES string of the molecule is Cc1ccc(NC(=O)N2CCC(c3nc4cccnc4n3C)C2)cc1Cl. The number of pyridine rings is 1. The number of carbonyl (C=O) groups is 1. The summed E-state index contributed by atoms with van der Waals surface area (Å²) in [5.41, 5.74) is 3.46. The standard InChI is InChI=1S/C19H20ClN5O/c1-12-5-6-14(10-15(12)20)22-19(26)25-9-7-13(11-25)17-23-16-4-3-8-21-18(16)24(17)2/h3-6,8,10,13H,7,9,11H2,1-2H3,(H,22,26). The zero-order valence-electron chi connectivity index (χ0n) is 14.7. The second kappa shape index (κ2) is 6.61. The van der Waals surface area contributed by atoms with E-state index in [-0.39, 0.29) is 11.9 Å². The Balaban J connectivity index is 1.48. The number of benzene rings is 1. The van der Waals surface area contributed by atoms with Crippen molar-refractivity contribution in [2.24, 2.45) is 7.05 Å². The first-order valence-electron chi connectivity index (χ1n) is 8.62. The molecule has 0 aliphatic carbocycles. The highest BCUT2D eigenvalue weighted by atomic mass is 35.5. The third kappa shape index (κ3) is 3.01. The Morgan fingerprint density at radius 3 is 2.96 bits per heavy atom. The third-order valence-electron chi connectivity index (χ3n) is 4.93. The molecule has 2 aromatic heterocycles. The summed E-state index contributed by atoms with van der Waals surface area (Å²) in [6.07, 6.45) is 2.66. The number of likely N-dealkylation sites (tertiary alicyclic amines) is 1. The number of nitrogens with zero attached hydrogens (tertiary/aromatic N) is 4. The Hall–Kier alpha value is -2.60. The van der Waals surface area contributed by atoms with Crippen molar-refractivity contribution in [1.29, 1.82) is 0 Å². The molecule has 1 fully saturated rings. The molecule has 1 aliphatic rings. The van der Waals surface area contributed by atoms with Crippen molar-refractivity contribution in [2.75, 3.05) is 18.4 Å². The number of aromatic nitrogens is 3. The topological polar surface area (TPSA) is 63.1 Å². The lowest BCUT2D eigenvalue weighted by Gasteiger charge is -2.17. The van der Waals surface area contributed by atoms with Gasteiger partial charge in [0.05, 0.1) is 0 Å². The van der Waals surface area contributed by atoms with Gasteiger partial charge in [-0.05, 0) is 43.2 Å². The molecule has 26 heavy (non-hydrogen) atoms. The van der Waals surface area contributed by atoms with Gasteiger partial charge in [0, 0.05) is 43.0 Å². The predicted octanol–water partition coefficient (Wildman–Crippen LogP) is 3.95. The molecule has 3 heterocycles. The molecular weight excluding hydrogens is 350 g/mol. The van der Waals surface area contributed by atoms with E-state index in [1.165, 1.54) is 0 Å². The zero-order chi connectivity index (χ0) is 18.3. The number of anilines is 1. The molecule has 3 aromatic rings. The summed E-state index contributed by atoms with van der Waals surface area (Å²) in [5.74, 6) is 1.19. The summed E-state index contributed by atoms with van der Waals surface area (Å²) in [5, 5.41) is 3.58. The summed E-state index contributed by atoms with van der Waals surface area (Å²) < 4.78 is 2.03. The van der Waals surface area contributed by atoms with E-state index in [9.17, 15) is 4.79 Å². The molecule has 1 atom stereocenters.